The molecule has 0 amide bonds. The lowest BCUT2D eigenvalue weighted by molar-refractivity contribution is 0.0371. The van der Waals surface area contributed by atoms with Gasteiger partial charge in [-0.2, -0.15) is 0 Å². The molecule has 15 heavy (non-hydrogen) atoms. The van der Waals surface area contributed by atoms with Crippen molar-refractivity contribution in [1.29, 1.82) is 0 Å². The molecule has 0 aliphatic carbocycles. The van der Waals surface area contributed by atoms with Crippen molar-refractivity contribution < 1.29 is 5.11 Å². The Balaban J connectivity index is 3.32. The zero-order valence-electron chi connectivity index (χ0n) is 11.0. The third-order valence-electron chi connectivity index (χ3n) is 3.14. The highest BCUT2D eigenvalue weighted by Gasteiger charge is 2.18. The van der Waals surface area contributed by atoms with Gasteiger partial charge in [-0.3, -0.25) is 0 Å². The minimum atomic E-state index is -0.402. The predicted molar refractivity (Wildman–Crippen MR) is 68.1 cm³/mol. The lowest BCUT2D eigenvalue weighted by atomic mass is 9.92. The molecule has 0 heterocycles. The van der Waals surface area contributed by atoms with Gasteiger partial charge < -0.3 is 5.11 Å². The van der Waals surface area contributed by atoms with E-state index in [4.69, 9.17) is 0 Å². The van der Waals surface area contributed by atoms with Crippen molar-refractivity contribution in [3.05, 3.63) is 0 Å². The summed E-state index contributed by atoms with van der Waals surface area (Å²) in [6.45, 7) is 6.42. The van der Waals surface area contributed by atoms with Crippen LogP contribution in [0, 0.1) is 0 Å². The van der Waals surface area contributed by atoms with Gasteiger partial charge >= 0.3 is 0 Å². The van der Waals surface area contributed by atoms with Gasteiger partial charge in [0.05, 0.1) is 5.60 Å². The first-order chi connectivity index (χ1) is 7.12. The van der Waals surface area contributed by atoms with E-state index in [2.05, 4.69) is 13.8 Å². The van der Waals surface area contributed by atoms with Crippen LogP contribution in [0.3, 0.4) is 0 Å². The Bertz CT molecular complexity index is 129. The van der Waals surface area contributed by atoms with E-state index in [0.29, 0.717) is 0 Å². The molecule has 0 aromatic heterocycles. The third kappa shape index (κ3) is 10.2. The molecule has 1 nitrogen and oxygen atoms in total. The lowest BCUT2D eigenvalue weighted by Gasteiger charge is -2.22. The molecule has 0 saturated carbocycles. The van der Waals surface area contributed by atoms with Crippen molar-refractivity contribution in [2.45, 2.75) is 90.6 Å². The van der Waals surface area contributed by atoms with Crippen molar-refractivity contribution in [3.63, 3.8) is 0 Å². The summed E-state index contributed by atoms with van der Waals surface area (Å²) in [5.74, 6) is 0. The predicted octanol–water partition coefficient (Wildman–Crippen LogP) is 4.68. The molecule has 0 fully saturated rings. The molecule has 0 rings (SSSR count). The van der Waals surface area contributed by atoms with Crippen molar-refractivity contribution in [1.82, 2.24) is 0 Å². The maximum absolute atomic E-state index is 10.0. The number of hydrogen-bond donors (Lipinski definition) is 1. The van der Waals surface area contributed by atoms with Crippen LogP contribution in [0.15, 0.2) is 0 Å². The standard InChI is InChI=1S/C14H30O/c1-4-6-8-9-10-11-13-14(3,15)12-7-5-2/h15H,4-13H2,1-3H3. The number of aliphatic hydroxyl groups is 1. The Morgan fingerprint density at radius 2 is 1.20 bits per heavy atom. The minimum absolute atomic E-state index is 0.402. The second kappa shape index (κ2) is 9.21. The van der Waals surface area contributed by atoms with Gasteiger partial charge in [0.2, 0.25) is 0 Å². The van der Waals surface area contributed by atoms with Gasteiger partial charge in [0.25, 0.3) is 0 Å². The molecular weight excluding hydrogens is 184 g/mol. The summed E-state index contributed by atoms with van der Waals surface area (Å²) >= 11 is 0. The summed E-state index contributed by atoms with van der Waals surface area (Å²) in [6, 6.07) is 0. The molecule has 0 aliphatic rings. The summed E-state index contributed by atoms with van der Waals surface area (Å²) < 4.78 is 0. The van der Waals surface area contributed by atoms with Crippen LogP contribution < -0.4 is 0 Å². The van der Waals surface area contributed by atoms with Crippen molar-refractivity contribution in [2.75, 3.05) is 0 Å². The summed E-state index contributed by atoms with van der Waals surface area (Å²) in [5, 5.41) is 10.0. The number of rotatable bonds is 10. The maximum Gasteiger partial charge on any atom is 0.0619 e. The fraction of sp³-hybridized carbons (Fsp3) is 1.00. The third-order valence-corrected chi connectivity index (χ3v) is 3.14. The van der Waals surface area contributed by atoms with Gasteiger partial charge in [-0.05, 0) is 19.8 Å². The highest BCUT2D eigenvalue weighted by molar-refractivity contribution is 4.71. The Kier molecular flexibility index (Phi) is 9.18. The Morgan fingerprint density at radius 3 is 1.80 bits per heavy atom. The summed E-state index contributed by atoms with van der Waals surface area (Å²) in [5.41, 5.74) is -0.402. The number of unbranched alkanes of at least 4 members (excludes halogenated alkanes) is 6. The van der Waals surface area contributed by atoms with Crippen LogP contribution >= 0.6 is 0 Å². The van der Waals surface area contributed by atoms with E-state index in [1.807, 2.05) is 6.92 Å². The molecule has 1 atom stereocenters. The highest BCUT2D eigenvalue weighted by atomic mass is 16.3. The van der Waals surface area contributed by atoms with E-state index < -0.39 is 5.60 Å². The van der Waals surface area contributed by atoms with E-state index in [1.54, 1.807) is 0 Å². The van der Waals surface area contributed by atoms with Crippen LogP contribution in [0.25, 0.3) is 0 Å². The van der Waals surface area contributed by atoms with Crippen molar-refractivity contribution >= 4 is 0 Å². The largest absolute Gasteiger partial charge is 0.390 e. The molecule has 0 spiro atoms. The van der Waals surface area contributed by atoms with Gasteiger partial charge in [-0.25, -0.2) is 0 Å². The second-order valence-corrected chi connectivity index (χ2v) is 5.12. The monoisotopic (exact) mass is 214 g/mol. The van der Waals surface area contributed by atoms with Crippen molar-refractivity contribution in [3.8, 4) is 0 Å². The Labute approximate surface area is 96.3 Å². The van der Waals surface area contributed by atoms with Crippen molar-refractivity contribution in [2.24, 2.45) is 0 Å². The first-order valence-corrected chi connectivity index (χ1v) is 6.84. The normalized spacial score (nSPS) is 15.2. The first-order valence-electron chi connectivity index (χ1n) is 6.84. The molecule has 92 valence electrons. The van der Waals surface area contributed by atoms with E-state index in [-0.39, 0.29) is 0 Å². The quantitative estimate of drug-likeness (QED) is 0.524. The summed E-state index contributed by atoms with van der Waals surface area (Å²) in [7, 11) is 0. The van der Waals surface area contributed by atoms with Gasteiger partial charge in [0.1, 0.15) is 0 Å². The van der Waals surface area contributed by atoms with E-state index >= 15 is 0 Å². The summed E-state index contributed by atoms with van der Waals surface area (Å²) in [4.78, 5) is 0. The first kappa shape index (κ1) is 15.0. The molecule has 0 saturated heterocycles. The molecule has 0 radical (unpaired) electrons. The van der Waals surface area contributed by atoms with E-state index in [0.717, 1.165) is 19.3 Å². The van der Waals surface area contributed by atoms with Crippen LogP contribution in [0.4, 0.5) is 0 Å². The Hall–Kier alpha value is -0.0400. The smallest absolute Gasteiger partial charge is 0.0619 e. The zero-order chi connectivity index (χ0) is 11.6. The average molecular weight is 214 g/mol. The van der Waals surface area contributed by atoms with Crippen LogP contribution in [0.1, 0.15) is 85.0 Å². The molecule has 1 N–H and O–H groups in total. The topological polar surface area (TPSA) is 20.2 Å². The van der Waals surface area contributed by atoms with Crippen LogP contribution in [0.5, 0.6) is 0 Å². The Morgan fingerprint density at radius 1 is 0.733 bits per heavy atom. The zero-order valence-corrected chi connectivity index (χ0v) is 11.0. The summed E-state index contributed by atoms with van der Waals surface area (Å²) in [6.07, 6.45) is 12.2. The second-order valence-electron chi connectivity index (χ2n) is 5.12. The lowest BCUT2D eigenvalue weighted by Crippen LogP contribution is -2.23. The molecular formula is C14H30O. The van der Waals surface area contributed by atoms with Gasteiger partial charge in [0.15, 0.2) is 0 Å². The molecule has 0 bridgehead atoms. The fourth-order valence-electron chi connectivity index (χ4n) is 1.97. The van der Waals surface area contributed by atoms with Gasteiger partial charge in [0, 0.05) is 0 Å². The minimum Gasteiger partial charge on any atom is -0.390 e. The SMILES string of the molecule is CCCCCCCCC(C)(O)CCCC. The van der Waals surface area contributed by atoms with Crippen LogP contribution in [0.2, 0.25) is 0 Å². The molecule has 1 unspecified atom stereocenters. The number of hydrogen-bond acceptors (Lipinski definition) is 1. The average Bonchev–Trinajstić information content (AvgIpc) is 2.20. The molecule has 0 aromatic rings. The van der Waals surface area contributed by atoms with Gasteiger partial charge in [-0.1, -0.05) is 65.2 Å². The maximum atomic E-state index is 10.0. The molecule has 0 aromatic carbocycles. The van der Waals surface area contributed by atoms with Gasteiger partial charge in [-0.15, -0.1) is 0 Å². The highest BCUT2D eigenvalue weighted by Crippen LogP contribution is 2.21. The van der Waals surface area contributed by atoms with Crippen LogP contribution in [-0.2, 0) is 0 Å². The van der Waals surface area contributed by atoms with E-state index in [1.165, 1.54) is 44.9 Å². The molecule has 1 heteroatoms. The molecule has 0 aliphatic heterocycles. The fourth-order valence-corrected chi connectivity index (χ4v) is 1.97. The van der Waals surface area contributed by atoms with E-state index in [9.17, 15) is 5.11 Å². The van der Waals surface area contributed by atoms with Crippen LogP contribution in [-0.4, -0.2) is 10.7 Å².